The molecule has 0 aromatic rings. The maximum absolute atomic E-state index is 11.4. The number of hydrogen-bond acceptors (Lipinski definition) is 3. The van der Waals surface area contributed by atoms with Gasteiger partial charge in [-0.3, -0.25) is 4.79 Å². The Kier molecular flexibility index (Phi) is 4.62. The zero-order valence-corrected chi connectivity index (χ0v) is 8.45. The van der Waals surface area contributed by atoms with Crippen molar-refractivity contribution in [3.05, 3.63) is 12.7 Å². The van der Waals surface area contributed by atoms with Gasteiger partial charge in [0.25, 0.3) is 0 Å². The van der Waals surface area contributed by atoms with Crippen molar-refractivity contribution >= 4 is 5.91 Å². The molecule has 1 unspecified atom stereocenters. The van der Waals surface area contributed by atoms with Gasteiger partial charge in [0, 0.05) is 32.0 Å². The average molecular weight is 198 g/mol. The maximum Gasteiger partial charge on any atom is 0.223 e. The van der Waals surface area contributed by atoms with E-state index in [1.54, 1.807) is 0 Å². The second-order valence-electron chi connectivity index (χ2n) is 3.44. The van der Waals surface area contributed by atoms with Crippen LogP contribution in [0.3, 0.4) is 0 Å². The number of rotatable bonds is 6. The summed E-state index contributed by atoms with van der Waals surface area (Å²) in [5.74, 6) is 0.517. The molecule has 14 heavy (non-hydrogen) atoms. The summed E-state index contributed by atoms with van der Waals surface area (Å²) >= 11 is 0. The van der Waals surface area contributed by atoms with Crippen molar-refractivity contribution in [3.8, 4) is 0 Å². The average Bonchev–Trinajstić information content (AvgIpc) is 2.54. The van der Waals surface area contributed by atoms with Gasteiger partial charge in [-0.25, -0.2) is 0 Å². The molecule has 0 aromatic heterocycles. The molecule has 0 radical (unpaired) electrons. The van der Waals surface area contributed by atoms with Gasteiger partial charge in [-0.1, -0.05) is 6.08 Å². The molecule has 1 saturated heterocycles. The molecule has 1 amide bonds. The van der Waals surface area contributed by atoms with Crippen molar-refractivity contribution in [3.63, 3.8) is 0 Å². The summed E-state index contributed by atoms with van der Waals surface area (Å²) in [7, 11) is 0. The molecule has 4 nitrogen and oxygen atoms in total. The van der Waals surface area contributed by atoms with E-state index < -0.39 is 0 Å². The van der Waals surface area contributed by atoms with Gasteiger partial charge >= 0.3 is 0 Å². The Balaban J connectivity index is 2.18. The normalized spacial score (nSPS) is 21.6. The largest absolute Gasteiger partial charge is 0.378 e. The lowest BCUT2D eigenvalue weighted by atomic mass is 10.1. The molecular weight excluding hydrogens is 180 g/mol. The van der Waals surface area contributed by atoms with Crippen LogP contribution in [0.4, 0.5) is 0 Å². The monoisotopic (exact) mass is 198 g/mol. The third-order valence-electron chi connectivity index (χ3n) is 2.35. The standard InChI is InChI=1S/C10H18N2O2/c1-2-9-7-10(13)12(8-9)4-6-14-5-3-11/h2,9H,1,3-8,11H2. The minimum atomic E-state index is 0.200. The molecule has 0 aliphatic carbocycles. The van der Waals surface area contributed by atoms with Crippen molar-refractivity contribution in [2.75, 3.05) is 32.8 Å². The van der Waals surface area contributed by atoms with Gasteiger partial charge in [-0.15, -0.1) is 6.58 Å². The minimum absolute atomic E-state index is 0.200. The Morgan fingerprint density at radius 3 is 3.00 bits per heavy atom. The van der Waals surface area contributed by atoms with Crippen LogP contribution in [0.15, 0.2) is 12.7 Å². The van der Waals surface area contributed by atoms with Crippen LogP contribution in [0.1, 0.15) is 6.42 Å². The summed E-state index contributed by atoms with van der Waals surface area (Å²) in [6.07, 6.45) is 2.44. The third kappa shape index (κ3) is 3.12. The lowest BCUT2D eigenvalue weighted by Gasteiger charge is -2.15. The van der Waals surface area contributed by atoms with Crippen LogP contribution in [0.5, 0.6) is 0 Å². The van der Waals surface area contributed by atoms with Crippen LogP contribution in [-0.4, -0.2) is 43.7 Å². The van der Waals surface area contributed by atoms with E-state index in [2.05, 4.69) is 6.58 Å². The lowest BCUT2D eigenvalue weighted by molar-refractivity contribution is -0.128. The number of hydrogen-bond donors (Lipinski definition) is 1. The van der Waals surface area contributed by atoms with E-state index >= 15 is 0 Å². The van der Waals surface area contributed by atoms with Gasteiger partial charge in [0.1, 0.15) is 0 Å². The lowest BCUT2D eigenvalue weighted by Crippen LogP contribution is -2.29. The first-order valence-electron chi connectivity index (χ1n) is 4.96. The molecule has 0 saturated carbocycles. The van der Waals surface area contributed by atoms with E-state index in [9.17, 15) is 4.79 Å². The van der Waals surface area contributed by atoms with E-state index in [1.807, 2.05) is 11.0 Å². The highest BCUT2D eigenvalue weighted by Crippen LogP contribution is 2.17. The Labute approximate surface area is 84.7 Å². The Bertz CT molecular complexity index is 206. The molecule has 80 valence electrons. The molecule has 1 aliphatic heterocycles. The highest BCUT2D eigenvalue weighted by atomic mass is 16.5. The highest BCUT2D eigenvalue weighted by molar-refractivity contribution is 5.78. The molecule has 4 heteroatoms. The fraction of sp³-hybridized carbons (Fsp3) is 0.700. The Morgan fingerprint density at radius 1 is 1.64 bits per heavy atom. The summed E-state index contributed by atoms with van der Waals surface area (Å²) in [5.41, 5.74) is 5.27. The Morgan fingerprint density at radius 2 is 2.43 bits per heavy atom. The van der Waals surface area contributed by atoms with E-state index in [-0.39, 0.29) is 5.91 Å². The van der Waals surface area contributed by atoms with Crippen molar-refractivity contribution in [1.29, 1.82) is 0 Å². The first-order valence-corrected chi connectivity index (χ1v) is 4.96. The molecule has 1 fully saturated rings. The molecule has 2 N–H and O–H groups in total. The molecule has 0 aromatic carbocycles. The number of carbonyl (C=O) groups is 1. The zero-order valence-electron chi connectivity index (χ0n) is 8.45. The SMILES string of the molecule is C=CC1CC(=O)N(CCOCCN)C1. The highest BCUT2D eigenvalue weighted by Gasteiger charge is 2.26. The van der Waals surface area contributed by atoms with E-state index in [4.69, 9.17) is 10.5 Å². The summed E-state index contributed by atoms with van der Waals surface area (Å²) in [6.45, 7) is 6.82. The van der Waals surface area contributed by atoms with E-state index in [0.29, 0.717) is 38.6 Å². The molecule has 0 spiro atoms. The molecule has 0 bridgehead atoms. The number of ether oxygens (including phenoxy) is 1. The van der Waals surface area contributed by atoms with Crippen LogP contribution < -0.4 is 5.73 Å². The van der Waals surface area contributed by atoms with Crippen molar-refractivity contribution in [2.24, 2.45) is 11.7 Å². The van der Waals surface area contributed by atoms with Crippen LogP contribution >= 0.6 is 0 Å². The van der Waals surface area contributed by atoms with Crippen molar-refractivity contribution in [1.82, 2.24) is 4.90 Å². The first kappa shape index (κ1) is 11.2. The van der Waals surface area contributed by atoms with Gasteiger partial charge in [0.05, 0.1) is 13.2 Å². The third-order valence-corrected chi connectivity index (χ3v) is 2.35. The van der Waals surface area contributed by atoms with E-state index in [1.165, 1.54) is 0 Å². The minimum Gasteiger partial charge on any atom is -0.378 e. The summed E-state index contributed by atoms with van der Waals surface area (Å²) in [4.78, 5) is 13.2. The molecule has 1 heterocycles. The van der Waals surface area contributed by atoms with Crippen LogP contribution in [0.2, 0.25) is 0 Å². The first-order chi connectivity index (χ1) is 6.77. The van der Waals surface area contributed by atoms with Crippen molar-refractivity contribution in [2.45, 2.75) is 6.42 Å². The summed E-state index contributed by atoms with van der Waals surface area (Å²) in [5, 5.41) is 0. The number of nitrogens with zero attached hydrogens (tertiary/aromatic N) is 1. The fourth-order valence-electron chi connectivity index (χ4n) is 1.54. The van der Waals surface area contributed by atoms with Crippen LogP contribution in [0, 0.1) is 5.92 Å². The summed E-state index contributed by atoms with van der Waals surface area (Å²) < 4.78 is 5.22. The van der Waals surface area contributed by atoms with Gasteiger partial charge in [-0.05, 0) is 0 Å². The molecule has 1 rings (SSSR count). The second-order valence-corrected chi connectivity index (χ2v) is 3.44. The van der Waals surface area contributed by atoms with Gasteiger partial charge in [0.2, 0.25) is 5.91 Å². The fourth-order valence-corrected chi connectivity index (χ4v) is 1.54. The predicted molar refractivity (Wildman–Crippen MR) is 54.8 cm³/mol. The maximum atomic E-state index is 11.4. The van der Waals surface area contributed by atoms with Gasteiger partial charge in [-0.2, -0.15) is 0 Å². The molecule has 1 atom stereocenters. The van der Waals surface area contributed by atoms with Crippen LogP contribution in [0.25, 0.3) is 0 Å². The zero-order chi connectivity index (χ0) is 10.4. The van der Waals surface area contributed by atoms with Crippen molar-refractivity contribution < 1.29 is 9.53 Å². The number of amides is 1. The van der Waals surface area contributed by atoms with Crippen LogP contribution in [-0.2, 0) is 9.53 Å². The molecular formula is C10H18N2O2. The molecule has 1 aliphatic rings. The van der Waals surface area contributed by atoms with Gasteiger partial charge < -0.3 is 15.4 Å². The smallest absolute Gasteiger partial charge is 0.223 e. The number of carbonyl (C=O) groups excluding carboxylic acids is 1. The van der Waals surface area contributed by atoms with Gasteiger partial charge in [0.15, 0.2) is 0 Å². The second kappa shape index (κ2) is 5.78. The predicted octanol–water partition coefficient (Wildman–Crippen LogP) is -0.00380. The number of likely N-dealkylation sites (tertiary alicyclic amines) is 1. The summed E-state index contributed by atoms with van der Waals surface area (Å²) in [6, 6.07) is 0. The Hall–Kier alpha value is -0.870. The topological polar surface area (TPSA) is 55.6 Å². The quantitative estimate of drug-likeness (QED) is 0.482. The van der Waals surface area contributed by atoms with E-state index in [0.717, 1.165) is 6.54 Å². The number of nitrogens with two attached hydrogens (primary N) is 1.